The second-order valence-electron chi connectivity index (χ2n) is 5.60. The first kappa shape index (κ1) is 13.6. The van der Waals surface area contributed by atoms with Crippen LogP contribution in [0.25, 0.3) is 0 Å². The number of nitrogens with zero attached hydrogens (tertiary/aromatic N) is 1. The van der Waals surface area contributed by atoms with E-state index < -0.39 is 0 Å². The quantitative estimate of drug-likeness (QED) is 0.652. The summed E-state index contributed by atoms with van der Waals surface area (Å²) in [5.74, 6) is 1.52. The molecule has 0 aromatic heterocycles. The zero-order valence-electron chi connectivity index (χ0n) is 11.2. The molecule has 0 bridgehead atoms. The smallest absolute Gasteiger partial charge is 0.137 e. The van der Waals surface area contributed by atoms with Gasteiger partial charge in [-0.1, -0.05) is 0 Å². The van der Waals surface area contributed by atoms with Crippen LogP contribution in [-0.4, -0.2) is 10.8 Å². The van der Waals surface area contributed by atoms with Gasteiger partial charge in [0.2, 0.25) is 0 Å². The maximum Gasteiger partial charge on any atom is 0.137 e. The lowest BCUT2D eigenvalue weighted by Crippen LogP contribution is -2.35. The van der Waals surface area contributed by atoms with Crippen molar-refractivity contribution in [1.29, 1.82) is 0 Å². The van der Waals surface area contributed by atoms with Gasteiger partial charge in [-0.3, -0.25) is 4.99 Å². The highest BCUT2D eigenvalue weighted by Crippen LogP contribution is 2.47. The zero-order chi connectivity index (χ0) is 13.6. The van der Waals surface area contributed by atoms with E-state index in [9.17, 15) is 4.39 Å². The van der Waals surface area contributed by atoms with Crippen LogP contribution in [0.4, 0.5) is 4.39 Å². The molecule has 0 saturated carbocycles. The van der Waals surface area contributed by atoms with Crippen LogP contribution in [0.3, 0.4) is 0 Å². The second-order valence-corrected chi connectivity index (χ2v) is 7.67. The van der Waals surface area contributed by atoms with Gasteiger partial charge >= 0.3 is 0 Å². The van der Waals surface area contributed by atoms with Crippen molar-refractivity contribution in [3.8, 4) is 0 Å². The average molecular weight is 342 g/mol. The second kappa shape index (κ2) is 4.88. The van der Waals surface area contributed by atoms with Crippen LogP contribution in [0.15, 0.2) is 21.6 Å². The Morgan fingerprint density at radius 2 is 2.26 bits per heavy atom. The van der Waals surface area contributed by atoms with E-state index in [1.807, 2.05) is 17.8 Å². The van der Waals surface area contributed by atoms with Crippen molar-refractivity contribution in [2.75, 3.05) is 5.75 Å². The van der Waals surface area contributed by atoms with Crippen molar-refractivity contribution in [3.63, 3.8) is 0 Å². The van der Waals surface area contributed by atoms with Crippen LogP contribution in [-0.2, 0) is 12.0 Å². The SMILES string of the molecule is CC1=N[C@]2(C)c3cc(Br)c(F)cc3CCC[C@@H]2CS1. The van der Waals surface area contributed by atoms with Crippen molar-refractivity contribution >= 4 is 32.7 Å². The monoisotopic (exact) mass is 341 g/mol. The molecule has 1 aromatic carbocycles. The summed E-state index contributed by atoms with van der Waals surface area (Å²) in [6.45, 7) is 4.30. The molecule has 4 heteroatoms. The first-order chi connectivity index (χ1) is 9.00. The van der Waals surface area contributed by atoms with E-state index in [4.69, 9.17) is 4.99 Å². The van der Waals surface area contributed by atoms with Crippen molar-refractivity contribution in [2.24, 2.45) is 10.9 Å². The first-order valence-electron chi connectivity index (χ1n) is 6.68. The molecule has 1 aliphatic heterocycles. The summed E-state index contributed by atoms with van der Waals surface area (Å²) in [4.78, 5) is 4.94. The van der Waals surface area contributed by atoms with E-state index in [1.54, 1.807) is 6.07 Å². The van der Waals surface area contributed by atoms with Gasteiger partial charge < -0.3 is 0 Å². The number of halogens is 2. The minimum Gasteiger partial charge on any atom is -0.272 e. The Morgan fingerprint density at radius 3 is 3.05 bits per heavy atom. The summed E-state index contributed by atoms with van der Waals surface area (Å²) < 4.78 is 14.3. The minimum absolute atomic E-state index is 0.160. The molecule has 0 amide bonds. The highest BCUT2D eigenvalue weighted by Gasteiger charge is 2.41. The first-order valence-corrected chi connectivity index (χ1v) is 8.46. The lowest BCUT2D eigenvalue weighted by atomic mass is 9.79. The lowest BCUT2D eigenvalue weighted by molar-refractivity contribution is 0.317. The van der Waals surface area contributed by atoms with Gasteiger partial charge in [-0.25, -0.2) is 4.39 Å². The fraction of sp³-hybridized carbons (Fsp3) is 0.533. The highest BCUT2D eigenvalue weighted by atomic mass is 79.9. The molecule has 1 nitrogen and oxygen atoms in total. The third kappa shape index (κ3) is 2.27. The number of aryl methyl sites for hydroxylation is 1. The van der Waals surface area contributed by atoms with Crippen LogP contribution < -0.4 is 0 Å². The molecule has 1 heterocycles. The van der Waals surface area contributed by atoms with Gasteiger partial charge in [0, 0.05) is 5.75 Å². The number of hydrogen-bond donors (Lipinski definition) is 0. The fourth-order valence-electron chi connectivity index (χ4n) is 3.28. The van der Waals surface area contributed by atoms with Gasteiger partial charge in [-0.15, -0.1) is 11.8 Å². The van der Waals surface area contributed by atoms with Gasteiger partial charge in [-0.2, -0.15) is 0 Å². The minimum atomic E-state index is -0.183. The molecule has 19 heavy (non-hydrogen) atoms. The van der Waals surface area contributed by atoms with Gasteiger partial charge in [0.1, 0.15) is 5.82 Å². The largest absolute Gasteiger partial charge is 0.272 e. The maximum absolute atomic E-state index is 13.8. The van der Waals surface area contributed by atoms with Crippen molar-refractivity contribution in [2.45, 2.75) is 38.6 Å². The Morgan fingerprint density at radius 1 is 1.47 bits per heavy atom. The number of hydrogen-bond acceptors (Lipinski definition) is 2. The molecule has 102 valence electrons. The van der Waals surface area contributed by atoms with Gasteiger partial charge in [-0.05, 0) is 78.2 Å². The third-order valence-electron chi connectivity index (χ3n) is 4.37. The molecule has 0 fully saturated rings. The number of rotatable bonds is 0. The highest BCUT2D eigenvalue weighted by molar-refractivity contribution is 9.10. The van der Waals surface area contributed by atoms with Gasteiger partial charge in [0.25, 0.3) is 0 Å². The van der Waals surface area contributed by atoms with E-state index in [2.05, 4.69) is 29.8 Å². The van der Waals surface area contributed by atoms with Crippen LogP contribution in [0.2, 0.25) is 0 Å². The lowest BCUT2D eigenvalue weighted by Gasteiger charge is -2.38. The molecule has 0 N–H and O–H groups in total. The Kier molecular flexibility index (Phi) is 3.50. The Bertz CT molecular complexity index is 557. The molecular weight excluding hydrogens is 325 g/mol. The maximum atomic E-state index is 13.8. The molecule has 0 unspecified atom stereocenters. The van der Waals surface area contributed by atoms with E-state index >= 15 is 0 Å². The van der Waals surface area contributed by atoms with Crippen molar-refractivity contribution in [3.05, 3.63) is 33.5 Å². The number of benzene rings is 1. The zero-order valence-corrected chi connectivity index (χ0v) is 13.6. The fourth-order valence-corrected chi connectivity index (χ4v) is 4.81. The average Bonchev–Trinajstić information content (AvgIpc) is 2.47. The van der Waals surface area contributed by atoms with Crippen LogP contribution in [0, 0.1) is 11.7 Å². The Labute approximate surface area is 126 Å². The molecular formula is C15H17BrFNS. The van der Waals surface area contributed by atoms with E-state index in [-0.39, 0.29) is 11.4 Å². The molecule has 0 spiro atoms. The molecule has 0 saturated heterocycles. The molecule has 1 aliphatic carbocycles. The Hall–Kier alpha value is -0.350. The molecule has 0 radical (unpaired) electrons. The van der Waals surface area contributed by atoms with E-state index in [1.165, 1.54) is 12.0 Å². The van der Waals surface area contributed by atoms with Gasteiger partial charge in [0.05, 0.1) is 15.1 Å². The summed E-state index contributed by atoms with van der Waals surface area (Å²) in [6, 6.07) is 3.65. The summed E-state index contributed by atoms with van der Waals surface area (Å²) in [7, 11) is 0. The van der Waals surface area contributed by atoms with Crippen molar-refractivity contribution < 1.29 is 4.39 Å². The van der Waals surface area contributed by atoms with E-state index in [0.29, 0.717) is 10.4 Å². The normalized spacial score (nSPS) is 30.1. The number of thioether (sulfide) groups is 1. The van der Waals surface area contributed by atoms with Crippen LogP contribution >= 0.6 is 27.7 Å². The third-order valence-corrected chi connectivity index (χ3v) is 6.05. The molecule has 2 aliphatic rings. The summed E-state index contributed by atoms with van der Waals surface area (Å²) in [6.07, 6.45) is 3.27. The number of aliphatic imine (C=N–C) groups is 1. The summed E-state index contributed by atoms with van der Waals surface area (Å²) >= 11 is 5.18. The molecule has 3 rings (SSSR count). The van der Waals surface area contributed by atoms with Gasteiger partial charge in [0.15, 0.2) is 0 Å². The Balaban J connectivity index is 2.21. The topological polar surface area (TPSA) is 12.4 Å². The van der Waals surface area contributed by atoms with Crippen molar-refractivity contribution in [1.82, 2.24) is 0 Å². The molecule has 1 aromatic rings. The summed E-state index contributed by atoms with van der Waals surface area (Å²) in [5.41, 5.74) is 2.16. The van der Waals surface area contributed by atoms with E-state index in [0.717, 1.165) is 29.2 Å². The molecule has 2 atom stereocenters. The van der Waals surface area contributed by atoms with Crippen LogP contribution in [0.5, 0.6) is 0 Å². The number of fused-ring (bicyclic) bond motifs is 3. The predicted molar refractivity (Wildman–Crippen MR) is 83.4 cm³/mol. The van der Waals surface area contributed by atoms with Crippen LogP contribution in [0.1, 0.15) is 37.8 Å². The predicted octanol–water partition coefficient (Wildman–Crippen LogP) is 4.92. The standard InChI is InChI=1S/C15H17BrFNS/c1-9-18-15(2)11(8-19-9)5-3-4-10-6-14(17)13(16)7-12(10)15/h6-7,11H,3-5,8H2,1-2H3/t11-,15+/m1/s1. The summed E-state index contributed by atoms with van der Waals surface area (Å²) in [5, 5.41) is 1.15.